The Morgan fingerprint density at radius 1 is 1.44 bits per heavy atom. The summed E-state index contributed by atoms with van der Waals surface area (Å²) in [5.41, 5.74) is 6.27. The summed E-state index contributed by atoms with van der Waals surface area (Å²) in [5.74, 6) is -0.752. The van der Waals surface area contributed by atoms with Crippen molar-refractivity contribution in [3.05, 3.63) is 10.4 Å². The number of hydrogen-bond acceptors (Lipinski definition) is 6. The zero-order valence-corrected chi connectivity index (χ0v) is 11.7. The quantitative estimate of drug-likeness (QED) is 0.805. The van der Waals surface area contributed by atoms with Crippen molar-refractivity contribution in [2.75, 3.05) is 38.8 Å². The van der Waals surface area contributed by atoms with Crippen LogP contribution in [0.2, 0.25) is 0 Å². The van der Waals surface area contributed by atoms with Gasteiger partial charge in [-0.3, -0.25) is 4.79 Å². The number of anilines is 2. The molecular weight excluding hydrogens is 254 g/mol. The van der Waals surface area contributed by atoms with Crippen LogP contribution in [0.5, 0.6) is 0 Å². The zero-order valence-electron chi connectivity index (χ0n) is 10.9. The van der Waals surface area contributed by atoms with Crippen LogP contribution >= 0.6 is 11.3 Å². The van der Waals surface area contributed by atoms with Crippen molar-refractivity contribution < 1.29 is 14.3 Å². The van der Waals surface area contributed by atoms with E-state index in [1.165, 1.54) is 4.90 Å². The van der Waals surface area contributed by atoms with Gasteiger partial charge in [-0.25, -0.2) is 4.79 Å². The van der Waals surface area contributed by atoms with Crippen molar-refractivity contribution >= 4 is 33.9 Å². The lowest BCUT2D eigenvalue weighted by molar-refractivity contribution is 0.0529. The number of nitrogens with zero attached hydrogens (tertiary/aromatic N) is 1. The lowest BCUT2D eigenvalue weighted by Gasteiger charge is -2.08. The van der Waals surface area contributed by atoms with E-state index in [1.807, 2.05) is 0 Å². The van der Waals surface area contributed by atoms with Crippen molar-refractivity contribution in [2.45, 2.75) is 6.92 Å². The van der Waals surface area contributed by atoms with E-state index in [9.17, 15) is 9.59 Å². The van der Waals surface area contributed by atoms with Gasteiger partial charge in [0, 0.05) is 21.1 Å². The van der Waals surface area contributed by atoms with Crippen LogP contribution in [0, 0.1) is 0 Å². The molecule has 18 heavy (non-hydrogen) atoms. The van der Waals surface area contributed by atoms with Crippen LogP contribution < -0.4 is 11.1 Å². The van der Waals surface area contributed by atoms with Crippen LogP contribution in [-0.2, 0) is 4.74 Å². The first-order chi connectivity index (χ1) is 8.43. The van der Waals surface area contributed by atoms with Gasteiger partial charge in [0.2, 0.25) is 0 Å². The minimum absolute atomic E-state index is 0.168. The Balaban J connectivity index is 3.26. The molecule has 0 aromatic carbocycles. The first kappa shape index (κ1) is 14.3. The van der Waals surface area contributed by atoms with Crippen LogP contribution in [0.25, 0.3) is 0 Å². The summed E-state index contributed by atoms with van der Waals surface area (Å²) < 4.78 is 4.93. The van der Waals surface area contributed by atoms with Crippen LogP contribution in [0.1, 0.15) is 27.0 Å². The molecule has 0 saturated carbocycles. The van der Waals surface area contributed by atoms with Crippen molar-refractivity contribution in [3.8, 4) is 0 Å². The number of thiophene rings is 1. The van der Waals surface area contributed by atoms with Crippen molar-refractivity contribution in [3.63, 3.8) is 0 Å². The molecule has 0 aliphatic heterocycles. The Bertz CT molecular complexity index is 468. The highest BCUT2D eigenvalue weighted by Crippen LogP contribution is 2.36. The predicted octanol–water partition coefficient (Wildman–Crippen LogP) is 1.25. The summed E-state index contributed by atoms with van der Waals surface area (Å²) >= 11 is 1.15. The van der Waals surface area contributed by atoms with Gasteiger partial charge >= 0.3 is 5.97 Å². The second-order valence-electron chi connectivity index (χ2n) is 3.72. The molecule has 0 bridgehead atoms. The molecule has 0 aliphatic rings. The molecule has 0 fully saturated rings. The highest BCUT2D eigenvalue weighted by molar-refractivity contribution is 7.19. The minimum atomic E-state index is -0.520. The highest BCUT2D eigenvalue weighted by Gasteiger charge is 2.26. The van der Waals surface area contributed by atoms with E-state index in [1.54, 1.807) is 28.1 Å². The third kappa shape index (κ3) is 2.56. The van der Waals surface area contributed by atoms with Gasteiger partial charge in [0.1, 0.15) is 15.4 Å². The van der Waals surface area contributed by atoms with E-state index in [-0.39, 0.29) is 23.8 Å². The number of amides is 1. The number of rotatable bonds is 4. The fourth-order valence-corrected chi connectivity index (χ4v) is 2.47. The number of ether oxygens (including phenoxy) is 1. The Morgan fingerprint density at radius 2 is 2.06 bits per heavy atom. The second-order valence-corrected chi connectivity index (χ2v) is 4.74. The topological polar surface area (TPSA) is 84.7 Å². The molecule has 1 amide bonds. The summed E-state index contributed by atoms with van der Waals surface area (Å²) in [6.07, 6.45) is 0. The summed E-state index contributed by atoms with van der Waals surface area (Å²) in [6, 6.07) is 0. The minimum Gasteiger partial charge on any atom is -0.462 e. The van der Waals surface area contributed by atoms with Gasteiger partial charge in [0.25, 0.3) is 5.91 Å². The van der Waals surface area contributed by atoms with E-state index in [2.05, 4.69) is 5.32 Å². The largest absolute Gasteiger partial charge is 0.462 e. The van der Waals surface area contributed by atoms with Gasteiger partial charge in [-0.1, -0.05) is 0 Å². The average Bonchev–Trinajstić information content (AvgIpc) is 2.65. The normalized spacial score (nSPS) is 10.0. The van der Waals surface area contributed by atoms with Crippen molar-refractivity contribution in [1.82, 2.24) is 4.90 Å². The molecule has 1 rings (SSSR count). The van der Waals surface area contributed by atoms with E-state index >= 15 is 0 Å². The first-order valence-electron chi connectivity index (χ1n) is 5.42. The van der Waals surface area contributed by atoms with Gasteiger partial charge in [0.05, 0.1) is 12.3 Å². The number of nitrogens with two attached hydrogens (primary N) is 1. The molecule has 1 aromatic heterocycles. The molecule has 0 saturated heterocycles. The second kappa shape index (κ2) is 5.72. The molecule has 0 unspecified atom stereocenters. The molecule has 1 heterocycles. The molecule has 0 spiro atoms. The molecule has 7 heteroatoms. The molecule has 0 radical (unpaired) electrons. The van der Waals surface area contributed by atoms with E-state index in [0.717, 1.165) is 11.3 Å². The molecule has 0 aliphatic carbocycles. The van der Waals surface area contributed by atoms with Crippen LogP contribution in [-0.4, -0.2) is 44.5 Å². The van der Waals surface area contributed by atoms with Crippen LogP contribution in [0.4, 0.5) is 10.7 Å². The molecule has 3 N–H and O–H groups in total. The maximum absolute atomic E-state index is 11.9. The third-order valence-electron chi connectivity index (χ3n) is 2.25. The zero-order chi connectivity index (χ0) is 13.9. The Kier molecular flexibility index (Phi) is 4.55. The van der Waals surface area contributed by atoms with Crippen LogP contribution in [0.3, 0.4) is 0 Å². The maximum atomic E-state index is 11.9. The third-order valence-corrected chi connectivity index (χ3v) is 3.46. The Morgan fingerprint density at radius 3 is 2.50 bits per heavy atom. The van der Waals surface area contributed by atoms with Crippen molar-refractivity contribution in [1.29, 1.82) is 0 Å². The Hall–Kier alpha value is -1.76. The molecule has 6 nitrogen and oxygen atoms in total. The van der Waals surface area contributed by atoms with E-state index < -0.39 is 5.97 Å². The fraction of sp³-hybridized carbons (Fsp3) is 0.455. The number of nitrogen functional groups attached to an aromatic ring is 1. The fourth-order valence-electron chi connectivity index (χ4n) is 1.39. The number of hydrogen-bond donors (Lipinski definition) is 2. The summed E-state index contributed by atoms with van der Waals surface area (Å²) in [4.78, 5) is 25.4. The molecule has 1 aromatic rings. The van der Waals surface area contributed by atoms with E-state index in [4.69, 9.17) is 10.5 Å². The van der Waals surface area contributed by atoms with Gasteiger partial charge in [0.15, 0.2) is 0 Å². The summed E-state index contributed by atoms with van der Waals surface area (Å²) in [6.45, 7) is 1.97. The monoisotopic (exact) mass is 271 g/mol. The Labute approximate surface area is 110 Å². The smallest absolute Gasteiger partial charge is 0.343 e. The lowest BCUT2D eigenvalue weighted by Crippen LogP contribution is -2.21. The van der Waals surface area contributed by atoms with Gasteiger partial charge in [-0.15, -0.1) is 11.3 Å². The summed E-state index contributed by atoms with van der Waals surface area (Å²) in [7, 11) is 4.92. The van der Waals surface area contributed by atoms with Gasteiger partial charge in [-0.05, 0) is 6.92 Å². The maximum Gasteiger partial charge on any atom is 0.343 e. The van der Waals surface area contributed by atoms with Crippen LogP contribution in [0.15, 0.2) is 0 Å². The standard InChI is InChI=1S/C11H17N3O3S/c1-5-17-11(16)6-7(12)8(10(15)14(3)4)18-9(6)13-2/h13H,5,12H2,1-4H3. The summed E-state index contributed by atoms with van der Waals surface area (Å²) in [5, 5.41) is 3.39. The highest BCUT2D eigenvalue weighted by atomic mass is 32.1. The SMILES string of the molecule is CCOC(=O)c1c(NC)sc(C(=O)N(C)C)c1N. The number of esters is 1. The van der Waals surface area contributed by atoms with Gasteiger partial charge in [-0.2, -0.15) is 0 Å². The predicted molar refractivity (Wildman–Crippen MR) is 72.3 cm³/mol. The first-order valence-corrected chi connectivity index (χ1v) is 6.24. The molecular formula is C11H17N3O3S. The number of carbonyl (C=O) groups excluding carboxylic acids is 2. The number of nitrogens with one attached hydrogen (secondary N) is 1. The van der Waals surface area contributed by atoms with Crippen molar-refractivity contribution in [2.24, 2.45) is 0 Å². The molecule has 0 atom stereocenters. The average molecular weight is 271 g/mol. The number of carbonyl (C=O) groups is 2. The van der Waals surface area contributed by atoms with E-state index in [0.29, 0.717) is 9.88 Å². The molecule has 100 valence electrons. The van der Waals surface area contributed by atoms with Gasteiger partial charge < -0.3 is 20.7 Å². The lowest BCUT2D eigenvalue weighted by atomic mass is 10.2.